The van der Waals surface area contributed by atoms with Gasteiger partial charge < -0.3 is 14.2 Å². The number of halogens is 1. The van der Waals surface area contributed by atoms with E-state index in [1.807, 2.05) is 26.0 Å². The fraction of sp³-hybridized carbons (Fsp3) is 0.318. The van der Waals surface area contributed by atoms with Crippen LogP contribution in [0.1, 0.15) is 37.6 Å². The molecule has 1 atom stereocenters. The van der Waals surface area contributed by atoms with Crippen LogP contribution in [0.4, 0.5) is 0 Å². The van der Waals surface area contributed by atoms with Crippen LogP contribution in [-0.2, 0) is 0 Å². The van der Waals surface area contributed by atoms with Crippen LogP contribution >= 0.6 is 15.9 Å². The summed E-state index contributed by atoms with van der Waals surface area (Å²) in [4.78, 5) is 17.9. The van der Waals surface area contributed by atoms with Gasteiger partial charge in [-0.2, -0.15) is 9.78 Å². The first-order valence-corrected chi connectivity index (χ1v) is 10.3. The third-order valence-electron chi connectivity index (χ3n) is 4.93. The SMILES string of the molecule is CC[C@H](C)c1nc2ccc(Br)cc2c(=O)n1N=Cc1cc(OC)c(OC)cc1OC. The van der Waals surface area contributed by atoms with Crippen molar-refractivity contribution in [2.45, 2.75) is 26.2 Å². The summed E-state index contributed by atoms with van der Waals surface area (Å²) < 4.78 is 18.3. The Hall–Kier alpha value is -2.87. The highest BCUT2D eigenvalue weighted by atomic mass is 79.9. The van der Waals surface area contributed by atoms with E-state index < -0.39 is 0 Å². The number of hydrogen-bond donors (Lipinski definition) is 0. The number of benzene rings is 2. The Kier molecular flexibility index (Phi) is 6.77. The molecule has 0 saturated heterocycles. The van der Waals surface area contributed by atoms with Crippen molar-refractivity contribution in [2.24, 2.45) is 5.10 Å². The molecule has 1 aromatic heterocycles. The second-order valence-electron chi connectivity index (χ2n) is 6.75. The standard InChI is InChI=1S/C22H24BrN3O4/c1-6-13(2)21-25-17-8-7-15(23)10-16(17)22(27)26(21)24-12-14-9-19(29-4)20(30-5)11-18(14)28-3/h7-13H,6H2,1-5H3/t13-/m0/s1. The Morgan fingerprint density at radius 1 is 1.10 bits per heavy atom. The average molecular weight is 474 g/mol. The lowest BCUT2D eigenvalue weighted by atomic mass is 10.1. The summed E-state index contributed by atoms with van der Waals surface area (Å²) in [5.41, 5.74) is 1.06. The van der Waals surface area contributed by atoms with Crippen molar-refractivity contribution in [3.05, 3.63) is 56.5 Å². The van der Waals surface area contributed by atoms with Crippen molar-refractivity contribution in [1.29, 1.82) is 0 Å². The Labute approximate surface area is 183 Å². The van der Waals surface area contributed by atoms with E-state index in [0.717, 1.165) is 10.9 Å². The van der Waals surface area contributed by atoms with E-state index in [4.69, 9.17) is 19.2 Å². The van der Waals surface area contributed by atoms with Crippen molar-refractivity contribution in [2.75, 3.05) is 21.3 Å². The van der Waals surface area contributed by atoms with Gasteiger partial charge in [-0.25, -0.2) is 4.98 Å². The molecular formula is C22H24BrN3O4. The minimum absolute atomic E-state index is 0.0511. The Balaban J connectivity index is 2.20. The summed E-state index contributed by atoms with van der Waals surface area (Å²) in [6.45, 7) is 4.07. The molecule has 0 aliphatic carbocycles. The summed E-state index contributed by atoms with van der Waals surface area (Å²) in [5.74, 6) is 2.28. The second kappa shape index (κ2) is 9.30. The molecule has 3 rings (SSSR count). The van der Waals surface area contributed by atoms with E-state index >= 15 is 0 Å². The molecule has 0 amide bonds. The molecule has 7 nitrogen and oxygen atoms in total. The minimum atomic E-state index is -0.229. The molecule has 0 aliphatic rings. The lowest BCUT2D eigenvalue weighted by Crippen LogP contribution is -2.23. The molecule has 0 aliphatic heterocycles. The van der Waals surface area contributed by atoms with E-state index in [9.17, 15) is 4.79 Å². The van der Waals surface area contributed by atoms with E-state index in [-0.39, 0.29) is 11.5 Å². The van der Waals surface area contributed by atoms with Gasteiger partial charge >= 0.3 is 0 Å². The van der Waals surface area contributed by atoms with Gasteiger partial charge in [0.25, 0.3) is 5.56 Å². The summed E-state index contributed by atoms with van der Waals surface area (Å²) in [6, 6.07) is 8.93. The van der Waals surface area contributed by atoms with Crippen LogP contribution in [-0.4, -0.2) is 37.2 Å². The van der Waals surface area contributed by atoms with Crippen LogP contribution in [0.5, 0.6) is 17.2 Å². The first-order valence-electron chi connectivity index (χ1n) is 9.50. The highest BCUT2D eigenvalue weighted by Gasteiger charge is 2.16. The lowest BCUT2D eigenvalue weighted by molar-refractivity contribution is 0.349. The number of hydrogen-bond acceptors (Lipinski definition) is 6. The van der Waals surface area contributed by atoms with Gasteiger partial charge in [0.2, 0.25) is 0 Å². The molecule has 0 unspecified atom stereocenters. The van der Waals surface area contributed by atoms with Gasteiger partial charge in [0.1, 0.15) is 11.6 Å². The predicted octanol–water partition coefficient (Wildman–Crippen LogP) is 4.58. The molecule has 0 radical (unpaired) electrons. The number of fused-ring (bicyclic) bond motifs is 1. The predicted molar refractivity (Wildman–Crippen MR) is 121 cm³/mol. The average Bonchev–Trinajstić information content (AvgIpc) is 2.77. The lowest BCUT2D eigenvalue weighted by Gasteiger charge is -2.14. The topological polar surface area (TPSA) is 74.9 Å². The van der Waals surface area contributed by atoms with Gasteiger partial charge in [0.05, 0.1) is 38.4 Å². The summed E-state index contributed by atoms with van der Waals surface area (Å²) in [5, 5.41) is 4.98. The molecular weight excluding hydrogens is 450 g/mol. The zero-order valence-corrected chi connectivity index (χ0v) is 19.2. The Morgan fingerprint density at radius 2 is 1.77 bits per heavy atom. The molecule has 0 saturated carbocycles. The Bertz CT molecular complexity index is 1160. The molecule has 8 heteroatoms. The van der Waals surface area contributed by atoms with Crippen LogP contribution in [0.2, 0.25) is 0 Å². The zero-order chi connectivity index (χ0) is 21.8. The summed E-state index contributed by atoms with van der Waals surface area (Å²) in [7, 11) is 4.67. The van der Waals surface area contributed by atoms with E-state index in [1.54, 1.807) is 45.7 Å². The third-order valence-corrected chi connectivity index (χ3v) is 5.43. The number of nitrogens with zero attached hydrogens (tertiary/aromatic N) is 3. The van der Waals surface area contributed by atoms with Gasteiger partial charge in [0, 0.05) is 22.0 Å². The van der Waals surface area contributed by atoms with Crippen LogP contribution in [0.15, 0.2) is 44.7 Å². The molecule has 0 N–H and O–H groups in total. The maximum atomic E-state index is 13.2. The smallest absolute Gasteiger partial charge is 0.282 e. The molecule has 1 heterocycles. The van der Waals surface area contributed by atoms with E-state index in [0.29, 0.717) is 39.5 Å². The van der Waals surface area contributed by atoms with Crippen molar-refractivity contribution in [1.82, 2.24) is 9.66 Å². The van der Waals surface area contributed by atoms with Crippen molar-refractivity contribution < 1.29 is 14.2 Å². The maximum absolute atomic E-state index is 13.2. The molecule has 3 aromatic rings. The first-order chi connectivity index (χ1) is 14.4. The minimum Gasteiger partial charge on any atom is -0.496 e. The molecule has 30 heavy (non-hydrogen) atoms. The zero-order valence-electron chi connectivity index (χ0n) is 17.6. The maximum Gasteiger partial charge on any atom is 0.282 e. The first kappa shape index (κ1) is 21.8. The molecule has 158 valence electrons. The largest absolute Gasteiger partial charge is 0.496 e. The van der Waals surface area contributed by atoms with Crippen molar-refractivity contribution in [3.63, 3.8) is 0 Å². The number of methoxy groups -OCH3 is 3. The molecule has 0 fully saturated rings. The monoisotopic (exact) mass is 473 g/mol. The molecule has 2 aromatic carbocycles. The van der Waals surface area contributed by atoms with Crippen LogP contribution < -0.4 is 19.8 Å². The van der Waals surface area contributed by atoms with Crippen LogP contribution in [0.25, 0.3) is 10.9 Å². The molecule has 0 spiro atoms. The van der Waals surface area contributed by atoms with Gasteiger partial charge in [-0.3, -0.25) is 4.79 Å². The normalized spacial score (nSPS) is 12.3. The van der Waals surface area contributed by atoms with Crippen LogP contribution in [0, 0.1) is 0 Å². The highest BCUT2D eigenvalue weighted by Crippen LogP contribution is 2.33. The van der Waals surface area contributed by atoms with Gasteiger partial charge in [-0.15, -0.1) is 0 Å². The van der Waals surface area contributed by atoms with Crippen molar-refractivity contribution >= 4 is 33.0 Å². The summed E-state index contributed by atoms with van der Waals surface area (Å²) >= 11 is 3.42. The van der Waals surface area contributed by atoms with Crippen molar-refractivity contribution in [3.8, 4) is 17.2 Å². The third kappa shape index (κ3) is 4.18. The number of ether oxygens (including phenoxy) is 3. The van der Waals surface area contributed by atoms with E-state index in [1.165, 1.54) is 4.68 Å². The highest BCUT2D eigenvalue weighted by molar-refractivity contribution is 9.10. The second-order valence-corrected chi connectivity index (χ2v) is 7.67. The quantitative estimate of drug-likeness (QED) is 0.469. The Morgan fingerprint density at radius 3 is 2.40 bits per heavy atom. The fourth-order valence-corrected chi connectivity index (χ4v) is 3.41. The van der Waals surface area contributed by atoms with E-state index in [2.05, 4.69) is 21.0 Å². The summed E-state index contributed by atoms with van der Waals surface area (Å²) in [6.07, 6.45) is 2.39. The fourth-order valence-electron chi connectivity index (χ4n) is 3.05. The number of rotatable bonds is 7. The van der Waals surface area contributed by atoms with Crippen LogP contribution in [0.3, 0.4) is 0 Å². The van der Waals surface area contributed by atoms with Gasteiger partial charge in [-0.05, 0) is 30.7 Å². The van der Waals surface area contributed by atoms with Gasteiger partial charge in [-0.1, -0.05) is 29.8 Å². The number of aromatic nitrogens is 2. The van der Waals surface area contributed by atoms with Gasteiger partial charge in [0.15, 0.2) is 11.5 Å². The molecule has 0 bridgehead atoms.